The van der Waals surface area contributed by atoms with Crippen LogP contribution in [0.5, 0.6) is 5.75 Å². The predicted octanol–water partition coefficient (Wildman–Crippen LogP) is 4.78. The molecule has 1 aromatic rings. The third-order valence-corrected chi connectivity index (χ3v) is 3.57. The van der Waals surface area contributed by atoms with Crippen LogP contribution in [0.2, 0.25) is 5.02 Å². The Bertz CT molecular complexity index is 466. The van der Waals surface area contributed by atoms with Crippen molar-refractivity contribution >= 4 is 23.3 Å². The van der Waals surface area contributed by atoms with E-state index in [0.717, 1.165) is 19.3 Å². The lowest BCUT2D eigenvalue weighted by atomic mass is 10.2. The van der Waals surface area contributed by atoms with E-state index in [2.05, 4.69) is 12.2 Å². The smallest absolute Gasteiger partial charge is 0.321 e. The highest BCUT2D eigenvalue weighted by Gasteiger charge is 2.16. The van der Waals surface area contributed by atoms with Crippen LogP contribution in [0, 0.1) is 0 Å². The number of carbonyl (C=O) groups is 1. The molecule has 0 spiro atoms. The van der Waals surface area contributed by atoms with E-state index in [-0.39, 0.29) is 12.1 Å². The zero-order chi connectivity index (χ0) is 15.8. The Labute approximate surface area is 132 Å². The van der Waals surface area contributed by atoms with Gasteiger partial charge in [-0.25, -0.2) is 4.79 Å². The molecule has 4 nitrogen and oxygen atoms in total. The van der Waals surface area contributed by atoms with Crippen molar-refractivity contribution in [1.82, 2.24) is 4.90 Å². The van der Waals surface area contributed by atoms with Crippen molar-refractivity contribution in [3.8, 4) is 5.75 Å². The zero-order valence-electron chi connectivity index (χ0n) is 13.3. The maximum atomic E-state index is 12.3. The van der Waals surface area contributed by atoms with Gasteiger partial charge in [-0.1, -0.05) is 31.9 Å². The third kappa shape index (κ3) is 5.46. The number of nitrogens with one attached hydrogen (secondary N) is 1. The molecule has 118 valence electrons. The summed E-state index contributed by atoms with van der Waals surface area (Å²) in [5, 5.41) is 3.44. The molecule has 0 heterocycles. The van der Waals surface area contributed by atoms with Gasteiger partial charge in [-0.3, -0.25) is 0 Å². The standard InChI is InChI=1S/C16H25ClN2O2/c1-5-7-12(3)19(4)16(20)18-14-11-13(17)8-9-15(14)21-10-6-2/h8-9,11-12H,5-7,10H2,1-4H3,(H,18,20). The van der Waals surface area contributed by atoms with Gasteiger partial charge in [0, 0.05) is 18.1 Å². The molecule has 0 radical (unpaired) electrons. The average molecular weight is 313 g/mol. The summed E-state index contributed by atoms with van der Waals surface area (Å²) in [6.45, 7) is 6.78. The number of urea groups is 1. The molecule has 0 aromatic heterocycles. The molecule has 1 aromatic carbocycles. The largest absolute Gasteiger partial charge is 0.491 e. The van der Waals surface area contributed by atoms with Gasteiger partial charge in [0.2, 0.25) is 0 Å². The Hall–Kier alpha value is -1.42. The number of carbonyl (C=O) groups excluding carboxylic acids is 1. The number of rotatable bonds is 7. The van der Waals surface area contributed by atoms with Gasteiger partial charge in [-0.15, -0.1) is 0 Å². The van der Waals surface area contributed by atoms with Crippen LogP contribution in [0.4, 0.5) is 10.5 Å². The topological polar surface area (TPSA) is 41.6 Å². The second kappa shape index (κ2) is 8.78. The van der Waals surface area contributed by atoms with Crippen LogP contribution >= 0.6 is 11.6 Å². The van der Waals surface area contributed by atoms with Gasteiger partial charge in [0.05, 0.1) is 12.3 Å². The number of ether oxygens (including phenoxy) is 1. The van der Waals surface area contributed by atoms with Gasteiger partial charge >= 0.3 is 6.03 Å². The molecule has 5 heteroatoms. The molecule has 0 fully saturated rings. The monoisotopic (exact) mass is 312 g/mol. The zero-order valence-corrected chi connectivity index (χ0v) is 14.0. The molecule has 1 N–H and O–H groups in total. The minimum Gasteiger partial charge on any atom is -0.491 e. The van der Waals surface area contributed by atoms with Crippen LogP contribution in [0.15, 0.2) is 18.2 Å². The third-order valence-electron chi connectivity index (χ3n) is 3.33. The fourth-order valence-electron chi connectivity index (χ4n) is 1.95. The van der Waals surface area contributed by atoms with Crippen molar-refractivity contribution in [3.63, 3.8) is 0 Å². The van der Waals surface area contributed by atoms with Gasteiger partial charge in [0.25, 0.3) is 0 Å². The predicted molar refractivity (Wildman–Crippen MR) is 88.4 cm³/mol. The van der Waals surface area contributed by atoms with E-state index in [1.54, 1.807) is 30.1 Å². The summed E-state index contributed by atoms with van der Waals surface area (Å²) >= 11 is 6.01. The first kappa shape index (κ1) is 17.6. The van der Waals surface area contributed by atoms with Crippen LogP contribution in [0.25, 0.3) is 0 Å². The maximum absolute atomic E-state index is 12.3. The van der Waals surface area contributed by atoms with Crippen molar-refractivity contribution in [3.05, 3.63) is 23.2 Å². The molecule has 0 aliphatic heterocycles. The highest BCUT2D eigenvalue weighted by Crippen LogP contribution is 2.28. The van der Waals surface area contributed by atoms with E-state index in [0.29, 0.717) is 23.1 Å². The molecule has 2 amide bonds. The fraction of sp³-hybridized carbons (Fsp3) is 0.562. The van der Waals surface area contributed by atoms with E-state index in [1.807, 2.05) is 13.8 Å². The summed E-state index contributed by atoms with van der Waals surface area (Å²) in [6.07, 6.45) is 2.92. The Morgan fingerprint density at radius 1 is 1.38 bits per heavy atom. The van der Waals surface area contributed by atoms with Crippen molar-refractivity contribution < 1.29 is 9.53 Å². The van der Waals surface area contributed by atoms with Crippen LogP contribution in [0.3, 0.4) is 0 Å². The molecule has 0 aliphatic rings. The van der Waals surface area contributed by atoms with Gasteiger partial charge in [-0.05, 0) is 38.0 Å². The van der Waals surface area contributed by atoms with Crippen molar-refractivity contribution in [2.75, 3.05) is 19.0 Å². The summed E-state index contributed by atoms with van der Waals surface area (Å²) in [6, 6.07) is 5.28. The lowest BCUT2D eigenvalue weighted by Crippen LogP contribution is -2.38. The first-order valence-corrected chi connectivity index (χ1v) is 7.83. The van der Waals surface area contributed by atoms with Crippen LogP contribution in [0.1, 0.15) is 40.0 Å². The molecular weight excluding hydrogens is 288 g/mol. The number of benzene rings is 1. The Kier molecular flexibility index (Phi) is 7.37. The molecule has 0 bridgehead atoms. The van der Waals surface area contributed by atoms with Crippen molar-refractivity contribution in [2.45, 2.75) is 46.1 Å². The fourth-order valence-corrected chi connectivity index (χ4v) is 2.12. The lowest BCUT2D eigenvalue weighted by molar-refractivity contribution is 0.204. The summed E-state index contributed by atoms with van der Waals surface area (Å²) in [7, 11) is 1.80. The minimum atomic E-state index is -0.153. The number of hydrogen-bond donors (Lipinski definition) is 1. The highest BCUT2D eigenvalue weighted by atomic mass is 35.5. The molecule has 0 aliphatic carbocycles. The van der Waals surface area contributed by atoms with E-state index in [1.165, 1.54) is 0 Å². The number of amides is 2. The number of anilines is 1. The van der Waals surface area contributed by atoms with Crippen molar-refractivity contribution in [2.24, 2.45) is 0 Å². The summed E-state index contributed by atoms with van der Waals surface area (Å²) in [4.78, 5) is 14.0. The van der Waals surface area contributed by atoms with Crippen LogP contribution in [-0.4, -0.2) is 30.6 Å². The van der Waals surface area contributed by atoms with Gasteiger partial charge in [-0.2, -0.15) is 0 Å². The van der Waals surface area contributed by atoms with Crippen molar-refractivity contribution in [1.29, 1.82) is 0 Å². The minimum absolute atomic E-state index is 0.153. The summed E-state index contributed by atoms with van der Waals surface area (Å²) in [5.41, 5.74) is 0.608. The highest BCUT2D eigenvalue weighted by molar-refractivity contribution is 6.31. The van der Waals surface area contributed by atoms with E-state index in [9.17, 15) is 4.79 Å². The molecule has 0 saturated carbocycles. The molecule has 1 rings (SSSR count). The normalized spacial score (nSPS) is 11.9. The van der Waals surface area contributed by atoms with Crippen LogP contribution in [-0.2, 0) is 0 Å². The van der Waals surface area contributed by atoms with Crippen LogP contribution < -0.4 is 10.1 Å². The van der Waals surface area contributed by atoms with E-state index < -0.39 is 0 Å². The van der Waals surface area contributed by atoms with Gasteiger partial charge in [0.15, 0.2) is 0 Å². The number of nitrogens with zero attached hydrogens (tertiary/aromatic N) is 1. The molecule has 0 saturated heterocycles. The molecule has 1 unspecified atom stereocenters. The summed E-state index contributed by atoms with van der Waals surface area (Å²) in [5.74, 6) is 0.645. The second-order valence-electron chi connectivity index (χ2n) is 5.17. The second-order valence-corrected chi connectivity index (χ2v) is 5.60. The van der Waals surface area contributed by atoms with E-state index >= 15 is 0 Å². The Morgan fingerprint density at radius 2 is 2.10 bits per heavy atom. The molecular formula is C16H25ClN2O2. The Morgan fingerprint density at radius 3 is 2.71 bits per heavy atom. The van der Waals surface area contributed by atoms with E-state index in [4.69, 9.17) is 16.3 Å². The Balaban J connectivity index is 2.80. The molecule has 21 heavy (non-hydrogen) atoms. The first-order valence-electron chi connectivity index (χ1n) is 7.45. The number of halogens is 1. The quantitative estimate of drug-likeness (QED) is 0.787. The average Bonchev–Trinajstić information content (AvgIpc) is 2.45. The molecule has 1 atom stereocenters. The lowest BCUT2D eigenvalue weighted by Gasteiger charge is -2.25. The van der Waals surface area contributed by atoms with Gasteiger partial charge in [0.1, 0.15) is 5.75 Å². The first-order chi connectivity index (χ1) is 9.99. The summed E-state index contributed by atoms with van der Waals surface area (Å²) < 4.78 is 5.64. The SMILES string of the molecule is CCCOc1ccc(Cl)cc1NC(=O)N(C)C(C)CCC. The maximum Gasteiger partial charge on any atom is 0.321 e. The number of hydrogen-bond acceptors (Lipinski definition) is 2. The van der Waals surface area contributed by atoms with Gasteiger partial charge < -0.3 is 15.0 Å².